The molecule has 10 nitrogen and oxygen atoms in total. The Morgan fingerprint density at radius 1 is 0.750 bits per heavy atom. The molecule has 4 N–H and O–H groups in total. The van der Waals surface area contributed by atoms with Crippen LogP contribution in [0.5, 0.6) is 11.5 Å². The fourth-order valence-electron chi connectivity index (χ4n) is 1.49. The third kappa shape index (κ3) is 2.05. The van der Waals surface area contributed by atoms with Crippen molar-refractivity contribution < 1.29 is 10.2 Å². The average Bonchev–Trinajstić information content (AvgIpc) is 2.49. The van der Waals surface area contributed by atoms with Gasteiger partial charge in [0.05, 0.1) is 12.4 Å². The molecule has 100 valence electrons. The van der Waals surface area contributed by atoms with Gasteiger partial charge in [0.1, 0.15) is 12.7 Å². The van der Waals surface area contributed by atoms with Crippen LogP contribution in [0.1, 0.15) is 11.4 Å². The van der Waals surface area contributed by atoms with Crippen LogP contribution in [-0.2, 0) is 0 Å². The molecular weight excluding hydrogens is 264 g/mol. The summed E-state index contributed by atoms with van der Waals surface area (Å²) in [5.41, 5.74) is 5.60. The lowest BCUT2D eigenvalue weighted by Gasteiger charge is -2.14. The molecule has 0 spiro atoms. The lowest BCUT2D eigenvalue weighted by atomic mass is 10.3. The van der Waals surface area contributed by atoms with E-state index >= 15 is 0 Å². The van der Waals surface area contributed by atoms with Gasteiger partial charge in [-0.3, -0.25) is 10.9 Å². The van der Waals surface area contributed by atoms with Crippen LogP contribution in [-0.4, -0.2) is 41.8 Å². The zero-order valence-corrected chi connectivity index (χ0v) is 9.89. The van der Waals surface area contributed by atoms with Gasteiger partial charge in [-0.05, 0) is 0 Å². The third-order valence-electron chi connectivity index (χ3n) is 2.38. The summed E-state index contributed by atoms with van der Waals surface area (Å²) in [6.45, 7) is 0. The average molecular weight is 272 g/mol. The summed E-state index contributed by atoms with van der Waals surface area (Å²) < 4.78 is 0. The lowest BCUT2D eigenvalue weighted by Crippen LogP contribution is -2.35. The Morgan fingerprint density at radius 2 is 1.20 bits per heavy atom. The van der Waals surface area contributed by atoms with Gasteiger partial charge in [0.25, 0.3) is 0 Å². The van der Waals surface area contributed by atoms with Crippen LogP contribution in [0.15, 0.2) is 35.3 Å². The third-order valence-corrected chi connectivity index (χ3v) is 2.38. The van der Waals surface area contributed by atoms with Gasteiger partial charge in [-0.25, -0.2) is 19.9 Å². The number of nitrogens with one attached hydrogen (secondary N) is 2. The molecule has 3 heterocycles. The number of aromatic nitrogens is 4. The zero-order valence-electron chi connectivity index (χ0n) is 9.89. The van der Waals surface area contributed by atoms with Crippen molar-refractivity contribution in [3.05, 3.63) is 36.4 Å². The predicted molar refractivity (Wildman–Crippen MR) is 66.7 cm³/mol. The number of aromatic hydroxyl groups is 2. The zero-order chi connectivity index (χ0) is 13.9. The summed E-state index contributed by atoms with van der Waals surface area (Å²) in [7, 11) is 0. The van der Waals surface area contributed by atoms with Crippen LogP contribution in [0.25, 0.3) is 0 Å². The Kier molecular flexibility index (Phi) is 2.80. The topological polar surface area (TPSA) is 141 Å². The second-order valence-electron chi connectivity index (χ2n) is 3.66. The first-order valence-corrected chi connectivity index (χ1v) is 5.42. The van der Waals surface area contributed by atoms with Gasteiger partial charge in [-0.1, -0.05) is 0 Å². The van der Waals surface area contributed by atoms with Crippen LogP contribution in [0, 0.1) is 0 Å². The molecule has 1 aliphatic rings. The lowest BCUT2D eigenvalue weighted by molar-refractivity contribution is 0.466. The molecule has 0 bridgehead atoms. The Balaban J connectivity index is 1.85. The molecule has 20 heavy (non-hydrogen) atoms. The SMILES string of the molecule is Oc1cncnc1C1=NNC(c2ncncc2O)=NN1. The maximum atomic E-state index is 9.61. The molecule has 0 aromatic carbocycles. The Morgan fingerprint density at radius 3 is 1.55 bits per heavy atom. The Hall–Kier alpha value is -3.30. The second-order valence-corrected chi connectivity index (χ2v) is 3.66. The summed E-state index contributed by atoms with van der Waals surface area (Å²) in [5.74, 6) is 0.151. The number of hydrogen-bond acceptors (Lipinski definition) is 10. The van der Waals surface area contributed by atoms with Gasteiger partial charge in [0, 0.05) is 0 Å². The first-order chi connectivity index (χ1) is 9.75. The molecule has 0 atom stereocenters. The highest BCUT2D eigenvalue weighted by Crippen LogP contribution is 2.14. The van der Waals surface area contributed by atoms with E-state index in [1.165, 1.54) is 25.0 Å². The molecular formula is C10H8N8O2. The maximum Gasteiger partial charge on any atom is 0.196 e. The van der Waals surface area contributed by atoms with E-state index in [9.17, 15) is 10.2 Å². The molecule has 0 radical (unpaired) electrons. The maximum absolute atomic E-state index is 9.61. The van der Waals surface area contributed by atoms with Gasteiger partial charge in [-0.2, -0.15) is 10.2 Å². The van der Waals surface area contributed by atoms with Crippen molar-refractivity contribution >= 4 is 11.7 Å². The van der Waals surface area contributed by atoms with E-state index in [4.69, 9.17) is 0 Å². The van der Waals surface area contributed by atoms with Crippen molar-refractivity contribution in [1.82, 2.24) is 30.8 Å². The van der Waals surface area contributed by atoms with E-state index in [2.05, 4.69) is 41.0 Å². The minimum Gasteiger partial charge on any atom is -0.504 e. The minimum absolute atomic E-state index is 0.135. The van der Waals surface area contributed by atoms with Crippen molar-refractivity contribution in [2.45, 2.75) is 0 Å². The van der Waals surface area contributed by atoms with Gasteiger partial charge in [0.15, 0.2) is 34.6 Å². The smallest absolute Gasteiger partial charge is 0.196 e. The van der Waals surface area contributed by atoms with E-state index in [0.717, 1.165) is 0 Å². The molecule has 3 rings (SSSR count). The van der Waals surface area contributed by atoms with E-state index in [1.807, 2.05) is 0 Å². The normalized spacial score (nSPS) is 13.8. The van der Waals surface area contributed by atoms with Crippen LogP contribution in [0.2, 0.25) is 0 Å². The number of nitrogens with zero attached hydrogens (tertiary/aromatic N) is 6. The van der Waals surface area contributed by atoms with Crippen LogP contribution in [0.4, 0.5) is 0 Å². The molecule has 2 aromatic rings. The molecule has 0 amide bonds. The fraction of sp³-hybridized carbons (Fsp3) is 0. The molecule has 2 aromatic heterocycles. The van der Waals surface area contributed by atoms with Gasteiger partial charge in [-0.15, -0.1) is 0 Å². The standard InChI is InChI=1S/C10H8N8O2/c19-5-1-11-3-13-7(5)9-15-17-10(18-16-9)8-6(20)2-12-4-14-8/h1-4,19-20H,(H,15,16)(H,17,18). The Bertz CT molecular complexity index is 652. The van der Waals surface area contributed by atoms with Gasteiger partial charge < -0.3 is 10.2 Å². The van der Waals surface area contributed by atoms with Gasteiger partial charge >= 0.3 is 0 Å². The first-order valence-electron chi connectivity index (χ1n) is 5.42. The first kappa shape index (κ1) is 11.8. The van der Waals surface area contributed by atoms with E-state index in [-0.39, 0.29) is 34.6 Å². The monoisotopic (exact) mass is 272 g/mol. The molecule has 0 aliphatic carbocycles. The van der Waals surface area contributed by atoms with Crippen LogP contribution < -0.4 is 10.9 Å². The Labute approximate surface area is 112 Å². The van der Waals surface area contributed by atoms with Crippen LogP contribution in [0.3, 0.4) is 0 Å². The minimum atomic E-state index is -0.135. The largest absolute Gasteiger partial charge is 0.504 e. The number of rotatable bonds is 2. The molecule has 0 saturated carbocycles. The van der Waals surface area contributed by atoms with Crippen molar-refractivity contribution in [1.29, 1.82) is 0 Å². The van der Waals surface area contributed by atoms with Crippen molar-refractivity contribution in [2.24, 2.45) is 10.2 Å². The van der Waals surface area contributed by atoms with Crippen molar-refractivity contribution in [2.75, 3.05) is 0 Å². The quantitative estimate of drug-likeness (QED) is 0.539. The van der Waals surface area contributed by atoms with E-state index in [1.54, 1.807) is 0 Å². The summed E-state index contributed by atoms with van der Waals surface area (Å²) in [6, 6.07) is 0. The van der Waals surface area contributed by atoms with Gasteiger partial charge in [0.2, 0.25) is 0 Å². The summed E-state index contributed by atoms with van der Waals surface area (Å²) >= 11 is 0. The predicted octanol–water partition coefficient (Wildman–Crippen LogP) is -1.11. The molecule has 0 saturated heterocycles. The van der Waals surface area contributed by atoms with Crippen LogP contribution >= 0.6 is 0 Å². The number of amidine groups is 2. The highest BCUT2D eigenvalue weighted by Gasteiger charge is 2.18. The summed E-state index contributed by atoms with van der Waals surface area (Å²) in [5, 5.41) is 27.1. The highest BCUT2D eigenvalue weighted by molar-refractivity contribution is 6.06. The van der Waals surface area contributed by atoms with Crippen molar-refractivity contribution in [3.63, 3.8) is 0 Å². The van der Waals surface area contributed by atoms with E-state index in [0.29, 0.717) is 0 Å². The molecule has 0 unspecified atom stereocenters. The van der Waals surface area contributed by atoms with E-state index < -0.39 is 0 Å². The fourth-order valence-corrected chi connectivity index (χ4v) is 1.49. The molecule has 0 fully saturated rings. The second kappa shape index (κ2) is 4.76. The highest BCUT2D eigenvalue weighted by atomic mass is 16.3. The molecule has 10 heteroatoms. The van der Waals surface area contributed by atoms with Crippen molar-refractivity contribution in [3.8, 4) is 11.5 Å². The molecule has 1 aliphatic heterocycles. The summed E-state index contributed by atoms with van der Waals surface area (Å²) in [6.07, 6.45) is 5.02. The number of hydrogen-bond donors (Lipinski definition) is 4. The summed E-state index contributed by atoms with van der Waals surface area (Å²) in [4.78, 5) is 15.1. The number of hydrazone groups is 2.